The van der Waals surface area contributed by atoms with Gasteiger partial charge in [-0.05, 0) is 40.3 Å². The van der Waals surface area contributed by atoms with E-state index in [-0.39, 0.29) is 0 Å². The first-order valence-electron chi connectivity index (χ1n) is 6.36. The van der Waals surface area contributed by atoms with E-state index in [2.05, 4.69) is 36.7 Å². The van der Waals surface area contributed by atoms with Crippen LogP contribution < -0.4 is 10.7 Å². The van der Waals surface area contributed by atoms with E-state index in [1.165, 1.54) is 0 Å². The topological polar surface area (TPSA) is 48.9 Å². The number of ether oxygens (including phenoxy) is 1. The number of nitrogens with one attached hydrogen (secondary N) is 2. The zero-order valence-corrected chi connectivity index (χ0v) is 14.2. The fraction of sp³-hybridized carbons (Fsp3) is 0.500. The maximum absolute atomic E-state index is 5.30. The Morgan fingerprint density at radius 2 is 2.30 bits per heavy atom. The molecule has 5 nitrogen and oxygen atoms in total. The van der Waals surface area contributed by atoms with Gasteiger partial charge in [0, 0.05) is 31.1 Å². The van der Waals surface area contributed by atoms with Gasteiger partial charge < -0.3 is 10.1 Å². The van der Waals surface area contributed by atoms with Crippen LogP contribution in [0.2, 0.25) is 0 Å². The molecule has 2 heterocycles. The van der Waals surface area contributed by atoms with E-state index in [4.69, 9.17) is 17.0 Å². The molecule has 2 N–H and O–H groups in total. The molecule has 1 aliphatic rings. The Labute approximate surface area is 136 Å². The van der Waals surface area contributed by atoms with Crippen molar-refractivity contribution in [2.24, 2.45) is 5.10 Å². The van der Waals surface area contributed by atoms with Crippen LogP contribution in [-0.2, 0) is 4.74 Å². The summed E-state index contributed by atoms with van der Waals surface area (Å²) in [6, 6.07) is 3.99. The van der Waals surface area contributed by atoms with E-state index < -0.39 is 0 Å². The van der Waals surface area contributed by atoms with E-state index >= 15 is 0 Å². The summed E-state index contributed by atoms with van der Waals surface area (Å²) in [5, 5.41) is 7.78. The summed E-state index contributed by atoms with van der Waals surface area (Å²) in [4.78, 5) is 3.42. The molecular weight excluding hydrogens is 360 g/mol. The molecule has 0 aliphatic carbocycles. The molecule has 0 saturated carbocycles. The lowest BCUT2D eigenvalue weighted by atomic mass is 10.4. The van der Waals surface area contributed by atoms with Crippen LogP contribution >= 0.6 is 39.5 Å². The van der Waals surface area contributed by atoms with Gasteiger partial charge in [-0.2, -0.15) is 5.10 Å². The summed E-state index contributed by atoms with van der Waals surface area (Å²) < 4.78 is 6.39. The summed E-state index contributed by atoms with van der Waals surface area (Å²) >= 11 is 10.2. The van der Waals surface area contributed by atoms with Crippen molar-refractivity contribution in [3.8, 4) is 0 Å². The van der Waals surface area contributed by atoms with Gasteiger partial charge in [0.05, 0.1) is 23.2 Å². The summed E-state index contributed by atoms with van der Waals surface area (Å²) in [6.45, 7) is 5.41. The average molecular weight is 377 g/mol. The third-order valence-corrected chi connectivity index (χ3v) is 4.56. The van der Waals surface area contributed by atoms with Gasteiger partial charge in [0.25, 0.3) is 0 Å². The predicted molar refractivity (Wildman–Crippen MR) is 90.6 cm³/mol. The van der Waals surface area contributed by atoms with Crippen LogP contribution in [0.3, 0.4) is 0 Å². The van der Waals surface area contributed by atoms with Crippen LogP contribution in [0, 0.1) is 0 Å². The number of halogens is 1. The number of rotatable bonds is 5. The van der Waals surface area contributed by atoms with Crippen molar-refractivity contribution in [2.45, 2.75) is 0 Å². The lowest BCUT2D eigenvalue weighted by molar-refractivity contribution is 0.0389. The number of hydrogen-bond acceptors (Lipinski definition) is 5. The highest BCUT2D eigenvalue weighted by molar-refractivity contribution is 9.11. The Hall–Kier alpha value is -0.540. The molecule has 0 radical (unpaired) electrons. The number of morpholine rings is 1. The van der Waals surface area contributed by atoms with Crippen LogP contribution in [0.15, 0.2) is 21.0 Å². The quantitative estimate of drug-likeness (QED) is 0.464. The Kier molecular flexibility index (Phi) is 6.88. The third kappa shape index (κ3) is 5.84. The Bertz CT molecular complexity index is 460. The molecule has 1 saturated heterocycles. The van der Waals surface area contributed by atoms with E-state index in [0.717, 1.165) is 48.1 Å². The van der Waals surface area contributed by atoms with Crippen molar-refractivity contribution < 1.29 is 4.74 Å². The predicted octanol–water partition coefficient (Wildman–Crippen LogP) is 1.64. The van der Waals surface area contributed by atoms with E-state index in [1.54, 1.807) is 17.6 Å². The molecule has 1 aromatic heterocycles. The molecule has 0 spiro atoms. The van der Waals surface area contributed by atoms with Gasteiger partial charge in [0.15, 0.2) is 5.11 Å². The number of nitrogens with zero attached hydrogens (tertiary/aromatic N) is 2. The number of hydrazone groups is 1. The fourth-order valence-electron chi connectivity index (χ4n) is 1.74. The SMILES string of the molecule is S=C(NCCN1CCOCC1)NN=Cc1ccc(Br)s1. The van der Waals surface area contributed by atoms with Gasteiger partial charge in [0.2, 0.25) is 0 Å². The van der Waals surface area contributed by atoms with E-state index in [9.17, 15) is 0 Å². The lowest BCUT2D eigenvalue weighted by Gasteiger charge is -2.26. The summed E-state index contributed by atoms with van der Waals surface area (Å²) in [6.07, 6.45) is 1.76. The maximum atomic E-state index is 5.30. The van der Waals surface area contributed by atoms with Crippen LogP contribution in [0.25, 0.3) is 0 Å². The first-order chi connectivity index (χ1) is 9.74. The normalized spacial score (nSPS) is 16.4. The molecule has 2 rings (SSSR count). The van der Waals surface area contributed by atoms with Gasteiger partial charge in [-0.15, -0.1) is 11.3 Å². The van der Waals surface area contributed by atoms with Gasteiger partial charge in [-0.25, -0.2) is 0 Å². The number of thiocarbonyl (C=S) groups is 1. The molecule has 20 heavy (non-hydrogen) atoms. The first kappa shape index (κ1) is 15.8. The van der Waals surface area contributed by atoms with Gasteiger partial charge in [0.1, 0.15) is 0 Å². The van der Waals surface area contributed by atoms with Gasteiger partial charge in [-0.1, -0.05) is 0 Å². The maximum Gasteiger partial charge on any atom is 0.187 e. The second kappa shape index (κ2) is 8.68. The van der Waals surface area contributed by atoms with Crippen molar-refractivity contribution in [2.75, 3.05) is 39.4 Å². The second-order valence-electron chi connectivity index (χ2n) is 4.22. The molecule has 0 bridgehead atoms. The smallest absolute Gasteiger partial charge is 0.187 e. The second-order valence-corrected chi connectivity index (χ2v) is 7.12. The molecule has 0 unspecified atom stereocenters. The lowest BCUT2D eigenvalue weighted by Crippen LogP contribution is -2.42. The Balaban J connectivity index is 1.59. The monoisotopic (exact) mass is 376 g/mol. The fourth-order valence-corrected chi connectivity index (χ4v) is 3.19. The Morgan fingerprint density at radius 1 is 1.50 bits per heavy atom. The molecule has 1 fully saturated rings. The van der Waals surface area contributed by atoms with Crippen LogP contribution in [-0.4, -0.2) is 55.6 Å². The minimum Gasteiger partial charge on any atom is -0.379 e. The molecule has 8 heteroatoms. The third-order valence-electron chi connectivity index (χ3n) is 2.77. The molecule has 0 amide bonds. The summed E-state index contributed by atoms with van der Waals surface area (Å²) in [7, 11) is 0. The standard InChI is InChI=1S/C12H17BrN4OS2/c13-11-2-1-10(20-11)9-15-16-12(19)14-3-4-17-5-7-18-8-6-17/h1-2,9H,3-8H2,(H2,14,16,19). The van der Waals surface area contributed by atoms with E-state index in [1.807, 2.05) is 12.1 Å². The van der Waals surface area contributed by atoms with Crippen LogP contribution in [0.5, 0.6) is 0 Å². The van der Waals surface area contributed by atoms with Crippen molar-refractivity contribution in [3.63, 3.8) is 0 Å². The molecule has 1 aromatic rings. The van der Waals surface area contributed by atoms with Crippen molar-refractivity contribution >= 4 is 50.8 Å². The molecule has 1 aliphatic heterocycles. The highest BCUT2D eigenvalue weighted by atomic mass is 79.9. The Morgan fingerprint density at radius 3 is 3.00 bits per heavy atom. The van der Waals surface area contributed by atoms with Gasteiger partial charge >= 0.3 is 0 Å². The molecule has 110 valence electrons. The van der Waals surface area contributed by atoms with Crippen LogP contribution in [0.1, 0.15) is 4.88 Å². The minimum absolute atomic E-state index is 0.546. The van der Waals surface area contributed by atoms with Crippen molar-refractivity contribution in [3.05, 3.63) is 20.8 Å². The highest BCUT2D eigenvalue weighted by Crippen LogP contribution is 2.20. The highest BCUT2D eigenvalue weighted by Gasteiger charge is 2.09. The zero-order chi connectivity index (χ0) is 14.2. The van der Waals surface area contributed by atoms with Crippen LogP contribution in [0.4, 0.5) is 0 Å². The van der Waals surface area contributed by atoms with Crippen molar-refractivity contribution in [1.29, 1.82) is 0 Å². The van der Waals surface area contributed by atoms with Gasteiger partial charge in [-0.3, -0.25) is 10.3 Å². The number of thiophene rings is 1. The first-order valence-corrected chi connectivity index (χ1v) is 8.38. The molecule has 0 atom stereocenters. The zero-order valence-electron chi connectivity index (χ0n) is 11.0. The molecule has 0 aromatic carbocycles. The number of hydrogen-bond donors (Lipinski definition) is 2. The minimum atomic E-state index is 0.546. The summed E-state index contributed by atoms with van der Waals surface area (Å²) in [5.41, 5.74) is 2.82. The molecular formula is C12H17BrN4OS2. The largest absolute Gasteiger partial charge is 0.379 e. The van der Waals surface area contributed by atoms with E-state index in [0.29, 0.717) is 5.11 Å². The summed E-state index contributed by atoms with van der Waals surface area (Å²) in [5.74, 6) is 0. The van der Waals surface area contributed by atoms with Crippen molar-refractivity contribution in [1.82, 2.24) is 15.6 Å². The average Bonchev–Trinajstić information content (AvgIpc) is 2.86.